The van der Waals surface area contributed by atoms with Gasteiger partial charge in [-0.3, -0.25) is 4.99 Å². The van der Waals surface area contributed by atoms with Gasteiger partial charge in [0.1, 0.15) is 6.10 Å². The minimum atomic E-state index is 0.156. The highest BCUT2D eigenvalue weighted by atomic mass is 35.5. The van der Waals surface area contributed by atoms with E-state index in [0.29, 0.717) is 0 Å². The molecule has 2 saturated heterocycles. The zero-order valence-corrected chi connectivity index (χ0v) is 15.7. The minimum absolute atomic E-state index is 0.156. The Morgan fingerprint density at radius 1 is 1.24 bits per heavy atom. The third-order valence-electron chi connectivity index (χ3n) is 4.82. The van der Waals surface area contributed by atoms with E-state index in [1.165, 1.54) is 5.56 Å². The lowest BCUT2D eigenvalue weighted by Gasteiger charge is -2.37. The Kier molecular flexibility index (Phi) is 6.96. The summed E-state index contributed by atoms with van der Waals surface area (Å²) in [6.45, 7) is 4.22. The topological polar surface area (TPSA) is 46.1 Å². The first-order chi connectivity index (χ1) is 12.3. The fourth-order valence-electron chi connectivity index (χ4n) is 3.46. The van der Waals surface area contributed by atoms with Gasteiger partial charge >= 0.3 is 0 Å². The maximum absolute atomic E-state index is 5.93. The van der Waals surface area contributed by atoms with Crippen molar-refractivity contribution >= 4 is 17.6 Å². The molecule has 0 saturated carbocycles. The molecule has 2 fully saturated rings. The molecule has 5 nitrogen and oxygen atoms in total. The smallest absolute Gasteiger partial charge is 0.193 e. The molecule has 0 aromatic heterocycles. The summed E-state index contributed by atoms with van der Waals surface area (Å²) in [6.07, 6.45) is 4.73. The molecular formula is C19H28ClN3O2. The number of hydrogen-bond acceptors (Lipinski definition) is 3. The average Bonchev–Trinajstić information content (AvgIpc) is 3.18. The second-order valence-electron chi connectivity index (χ2n) is 6.61. The Morgan fingerprint density at radius 2 is 2.04 bits per heavy atom. The second kappa shape index (κ2) is 9.41. The van der Waals surface area contributed by atoms with Gasteiger partial charge in [0.2, 0.25) is 0 Å². The van der Waals surface area contributed by atoms with Gasteiger partial charge in [-0.15, -0.1) is 0 Å². The highest BCUT2D eigenvalue weighted by Gasteiger charge is 2.32. The van der Waals surface area contributed by atoms with Gasteiger partial charge in [0, 0.05) is 38.3 Å². The summed E-state index contributed by atoms with van der Waals surface area (Å²) in [5, 5.41) is 4.27. The van der Waals surface area contributed by atoms with Gasteiger partial charge in [-0.05, 0) is 43.4 Å². The third-order valence-corrected chi connectivity index (χ3v) is 5.07. The number of ether oxygens (including phenoxy) is 2. The van der Waals surface area contributed by atoms with Gasteiger partial charge in [0.05, 0.1) is 12.7 Å². The molecule has 1 aromatic rings. The Hall–Kier alpha value is -1.30. The summed E-state index contributed by atoms with van der Waals surface area (Å²) < 4.78 is 11.7. The van der Waals surface area contributed by atoms with E-state index in [1.54, 1.807) is 0 Å². The van der Waals surface area contributed by atoms with Crippen LogP contribution in [-0.4, -0.2) is 63.0 Å². The normalized spacial score (nSPS) is 24.6. The van der Waals surface area contributed by atoms with Crippen molar-refractivity contribution < 1.29 is 9.47 Å². The molecule has 2 atom stereocenters. The van der Waals surface area contributed by atoms with Gasteiger partial charge < -0.3 is 19.7 Å². The van der Waals surface area contributed by atoms with Crippen LogP contribution in [0.5, 0.6) is 0 Å². The molecule has 0 bridgehead atoms. The second-order valence-corrected chi connectivity index (χ2v) is 7.05. The fraction of sp³-hybridized carbons (Fsp3) is 0.632. The molecule has 3 rings (SSSR count). The lowest BCUT2D eigenvalue weighted by Crippen LogP contribution is -2.53. The predicted octanol–water partition coefficient (Wildman–Crippen LogP) is 2.73. The Morgan fingerprint density at radius 3 is 2.76 bits per heavy atom. The van der Waals surface area contributed by atoms with E-state index in [0.717, 1.165) is 69.5 Å². The van der Waals surface area contributed by atoms with E-state index >= 15 is 0 Å². The molecule has 2 aliphatic heterocycles. The van der Waals surface area contributed by atoms with Gasteiger partial charge in [-0.2, -0.15) is 0 Å². The van der Waals surface area contributed by atoms with Crippen molar-refractivity contribution in [3.8, 4) is 0 Å². The molecule has 2 aliphatic rings. The van der Waals surface area contributed by atoms with Crippen molar-refractivity contribution in [2.75, 3.05) is 39.9 Å². The third kappa shape index (κ3) is 5.33. The molecule has 2 heterocycles. The van der Waals surface area contributed by atoms with Crippen LogP contribution in [0.15, 0.2) is 29.3 Å². The van der Waals surface area contributed by atoms with Crippen LogP contribution >= 0.6 is 11.6 Å². The van der Waals surface area contributed by atoms with E-state index < -0.39 is 0 Å². The van der Waals surface area contributed by atoms with Crippen molar-refractivity contribution in [1.82, 2.24) is 10.2 Å². The monoisotopic (exact) mass is 365 g/mol. The number of nitrogens with one attached hydrogen (secondary N) is 1. The molecule has 2 unspecified atom stereocenters. The lowest BCUT2D eigenvalue weighted by molar-refractivity contribution is -0.0816. The van der Waals surface area contributed by atoms with Crippen molar-refractivity contribution in [3.05, 3.63) is 34.9 Å². The summed E-state index contributed by atoms with van der Waals surface area (Å²) in [5.41, 5.74) is 1.31. The highest BCUT2D eigenvalue weighted by Crippen LogP contribution is 2.21. The van der Waals surface area contributed by atoms with Crippen LogP contribution in [0.4, 0.5) is 0 Å². The summed E-state index contributed by atoms with van der Waals surface area (Å²) in [4.78, 5) is 6.74. The minimum Gasteiger partial charge on any atom is -0.375 e. The summed E-state index contributed by atoms with van der Waals surface area (Å²) in [6, 6.07) is 8.07. The van der Waals surface area contributed by atoms with Crippen LogP contribution in [0, 0.1) is 0 Å². The number of hydrogen-bond donors (Lipinski definition) is 1. The molecular weight excluding hydrogens is 338 g/mol. The van der Waals surface area contributed by atoms with E-state index in [4.69, 9.17) is 21.1 Å². The zero-order chi connectivity index (χ0) is 17.5. The molecule has 1 aromatic carbocycles. The van der Waals surface area contributed by atoms with Crippen molar-refractivity contribution in [3.63, 3.8) is 0 Å². The number of morpholine rings is 1. The molecule has 0 spiro atoms. The zero-order valence-electron chi connectivity index (χ0n) is 14.9. The Bertz CT molecular complexity index is 558. The summed E-state index contributed by atoms with van der Waals surface area (Å²) in [5.74, 6) is 0.961. The molecule has 0 amide bonds. The van der Waals surface area contributed by atoms with Crippen molar-refractivity contribution in [2.45, 2.75) is 37.9 Å². The maximum atomic E-state index is 5.93. The standard InChI is InChI=1S/C19H28ClN3O2/c1-21-19(22-10-2-4-15-6-8-16(20)9-7-15)23-11-13-25-18(14-23)17-5-3-12-24-17/h6-9,17-18H,2-5,10-14H2,1H3,(H,21,22). The summed E-state index contributed by atoms with van der Waals surface area (Å²) in [7, 11) is 1.85. The van der Waals surface area contributed by atoms with E-state index in [9.17, 15) is 0 Å². The van der Waals surface area contributed by atoms with Crippen LogP contribution in [0.25, 0.3) is 0 Å². The first-order valence-electron chi connectivity index (χ1n) is 9.19. The van der Waals surface area contributed by atoms with Crippen molar-refractivity contribution in [1.29, 1.82) is 0 Å². The van der Waals surface area contributed by atoms with Crippen LogP contribution in [-0.2, 0) is 15.9 Å². The number of aliphatic imine (C=N–C) groups is 1. The van der Waals surface area contributed by atoms with Gasteiger partial charge in [0.15, 0.2) is 5.96 Å². The van der Waals surface area contributed by atoms with Gasteiger partial charge in [-0.1, -0.05) is 23.7 Å². The number of halogens is 1. The first-order valence-corrected chi connectivity index (χ1v) is 9.57. The van der Waals surface area contributed by atoms with Crippen LogP contribution < -0.4 is 5.32 Å². The quantitative estimate of drug-likeness (QED) is 0.495. The Balaban J connectivity index is 1.43. The number of nitrogens with zero attached hydrogens (tertiary/aromatic N) is 2. The SMILES string of the molecule is CN=C(NCCCc1ccc(Cl)cc1)N1CCOC(C2CCCO2)C1. The van der Waals surface area contributed by atoms with Gasteiger partial charge in [-0.25, -0.2) is 0 Å². The number of rotatable bonds is 5. The molecule has 1 N–H and O–H groups in total. The number of aryl methyl sites for hydroxylation is 1. The average molecular weight is 366 g/mol. The van der Waals surface area contributed by atoms with E-state index in [1.807, 2.05) is 19.2 Å². The largest absolute Gasteiger partial charge is 0.375 e. The van der Waals surface area contributed by atoms with E-state index in [-0.39, 0.29) is 12.2 Å². The first kappa shape index (κ1) is 18.5. The Labute approximate surface area is 155 Å². The molecule has 25 heavy (non-hydrogen) atoms. The van der Waals surface area contributed by atoms with Gasteiger partial charge in [0.25, 0.3) is 0 Å². The van der Waals surface area contributed by atoms with Crippen LogP contribution in [0.3, 0.4) is 0 Å². The molecule has 0 radical (unpaired) electrons. The highest BCUT2D eigenvalue weighted by molar-refractivity contribution is 6.30. The molecule has 138 valence electrons. The predicted molar refractivity (Wildman–Crippen MR) is 101 cm³/mol. The fourth-order valence-corrected chi connectivity index (χ4v) is 3.59. The number of benzene rings is 1. The lowest BCUT2D eigenvalue weighted by atomic mass is 10.1. The number of guanidine groups is 1. The molecule has 0 aliphatic carbocycles. The summed E-state index contributed by atoms with van der Waals surface area (Å²) >= 11 is 5.93. The maximum Gasteiger partial charge on any atom is 0.193 e. The molecule has 6 heteroatoms. The van der Waals surface area contributed by atoms with E-state index in [2.05, 4.69) is 27.3 Å². The van der Waals surface area contributed by atoms with Crippen LogP contribution in [0.1, 0.15) is 24.8 Å². The van der Waals surface area contributed by atoms with Crippen molar-refractivity contribution in [2.24, 2.45) is 4.99 Å². The van der Waals surface area contributed by atoms with Crippen LogP contribution in [0.2, 0.25) is 5.02 Å².